The maximum atomic E-state index is 11.6. The van der Waals surface area contributed by atoms with Crippen LogP contribution in [0.25, 0.3) is 0 Å². The van der Waals surface area contributed by atoms with E-state index in [1.165, 1.54) is 0 Å². The van der Waals surface area contributed by atoms with E-state index in [1.807, 2.05) is 30.3 Å². The third kappa shape index (κ3) is 7.43. The van der Waals surface area contributed by atoms with Gasteiger partial charge in [-0.05, 0) is 26.3 Å². The quantitative estimate of drug-likeness (QED) is 0.660. The summed E-state index contributed by atoms with van der Waals surface area (Å²) in [6.45, 7) is 5.29. The van der Waals surface area contributed by atoms with Crippen molar-refractivity contribution < 1.29 is 23.8 Å². The third-order valence-electron chi connectivity index (χ3n) is 2.29. The van der Waals surface area contributed by atoms with E-state index in [-0.39, 0.29) is 6.61 Å². The molecule has 6 nitrogen and oxygen atoms in total. The highest BCUT2D eigenvalue weighted by molar-refractivity contribution is 5.85. The highest BCUT2D eigenvalue weighted by Gasteiger charge is 2.23. The predicted octanol–water partition coefficient (Wildman–Crippen LogP) is 2.01. The van der Waals surface area contributed by atoms with E-state index in [4.69, 9.17) is 15.2 Å². The Morgan fingerprint density at radius 3 is 2.38 bits per heavy atom. The maximum absolute atomic E-state index is 11.6. The molecule has 0 aliphatic carbocycles. The van der Waals surface area contributed by atoms with Gasteiger partial charge in [-0.1, -0.05) is 30.3 Å². The predicted molar refractivity (Wildman–Crippen MR) is 76.4 cm³/mol. The second-order valence-electron chi connectivity index (χ2n) is 5.49. The number of benzene rings is 1. The number of esters is 1. The first kappa shape index (κ1) is 17.1. The number of hydrogen-bond donors (Lipinski definition) is 1. The molecule has 2 N–H and O–H groups in total. The Morgan fingerprint density at radius 1 is 1.19 bits per heavy atom. The molecule has 0 unspecified atom stereocenters. The first-order valence-electron chi connectivity index (χ1n) is 6.60. The minimum Gasteiger partial charge on any atom is -0.428 e. The number of nitrogens with two attached hydrogens (primary N) is 1. The van der Waals surface area contributed by atoms with E-state index in [9.17, 15) is 9.59 Å². The first-order valence-corrected chi connectivity index (χ1v) is 6.60. The van der Waals surface area contributed by atoms with Gasteiger partial charge in [-0.3, -0.25) is 0 Å². The molecule has 0 aromatic heterocycles. The Hall–Kier alpha value is -1.92. The maximum Gasteiger partial charge on any atom is 0.516 e. The standard InChI is InChI=1S/C15H21NO5/c1-15(2,3)21-14(18)20-13(17)12(16)10-19-9-11-7-5-4-6-8-11/h4-8,12H,9-10,16H2,1-3H3/t12-/m1/s1. The fraction of sp³-hybridized carbons (Fsp3) is 0.467. The van der Waals surface area contributed by atoms with Crippen molar-refractivity contribution in [3.63, 3.8) is 0 Å². The number of ether oxygens (including phenoxy) is 3. The molecular formula is C15H21NO5. The summed E-state index contributed by atoms with van der Waals surface area (Å²) in [5.74, 6) is -0.877. The molecular weight excluding hydrogens is 274 g/mol. The van der Waals surface area contributed by atoms with Crippen molar-refractivity contribution in [3.8, 4) is 0 Å². The molecule has 1 aromatic carbocycles. The highest BCUT2D eigenvalue weighted by atomic mass is 16.7. The van der Waals surface area contributed by atoms with Crippen molar-refractivity contribution in [2.45, 2.75) is 39.0 Å². The molecule has 0 spiro atoms. The smallest absolute Gasteiger partial charge is 0.428 e. The lowest BCUT2D eigenvalue weighted by Crippen LogP contribution is -2.39. The second-order valence-corrected chi connectivity index (χ2v) is 5.49. The summed E-state index contributed by atoms with van der Waals surface area (Å²) in [5.41, 5.74) is 5.82. The van der Waals surface area contributed by atoms with Gasteiger partial charge in [-0.2, -0.15) is 0 Å². The van der Waals surface area contributed by atoms with Crippen LogP contribution in [-0.4, -0.2) is 30.4 Å². The fourth-order valence-electron chi connectivity index (χ4n) is 1.37. The van der Waals surface area contributed by atoms with Gasteiger partial charge in [-0.15, -0.1) is 0 Å². The molecule has 21 heavy (non-hydrogen) atoms. The fourth-order valence-corrected chi connectivity index (χ4v) is 1.37. The summed E-state index contributed by atoms with van der Waals surface area (Å²) in [5, 5.41) is 0. The molecule has 0 aliphatic heterocycles. The number of hydrogen-bond acceptors (Lipinski definition) is 6. The molecule has 0 aliphatic rings. The van der Waals surface area contributed by atoms with Gasteiger partial charge in [0.1, 0.15) is 11.6 Å². The van der Waals surface area contributed by atoms with Crippen molar-refractivity contribution in [2.24, 2.45) is 5.73 Å². The van der Waals surface area contributed by atoms with Crippen LogP contribution in [0.15, 0.2) is 30.3 Å². The Kier molecular flexibility index (Phi) is 6.33. The van der Waals surface area contributed by atoms with Gasteiger partial charge in [0, 0.05) is 0 Å². The van der Waals surface area contributed by atoms with E-state index in [2.05, 4.69) is 4.74 Å². The molecule has 0 bridgehead atoms. The van der Waals surface area contributed by atoms with Crippen molar-refractivity contribution in [2.75, 3.05) is 6.61 Å². The minimum absolute atomic E-state index is 0.0451. The molecule has 0 amide bonds. The second kappa shape index (κ2) is 7.75. The van der Waals surface area contributed by atoms with E-state index in [0.29, 0.717) is 6.61 Å². The van der Waals surface area contributed by atoms with Crippen LogP contribution < -0.4 is 5.73 Å². The van der Waals surface area contributed by atoms with Crippen LogP contribution in [0.4, 0.5) is 4.79 Å². The lowest BCUT2D eigenvalue weighted by Gasteiger charge is -2.19. The van der Waals surface area contributed by atoms with Gasteiger partial charge in [-0.25, -0.2) is 9.59 Å². The molecule has 116 valence electrons. The average molecular weight is 295 g/mol. The number of rotatable bonds is 5. The van der Waals surface area contributed by atoms with Crippen LogP contribution >= 0.6 is 0 Å². The van der Waals surface area contributed by atoms with E-state index < -0.39 is 23.8 Å². The summed E-state index contributed by atoms with van der Waals surface area (Å²) >= 11 is 0. The average Bonchev–Trinajstić information content (AvgIpc) is 2.37. The van der Waals surface area contributed by atoms with Crippen LogP contribution in [0.2, 0.25) is 0 Å². The monoisotopic (exact) mass is 295 g/mol. The van der Waals surface area contributed by atoms with E-state index in [1.54, 1.807) is 20.8 Å². The van der Waals surface area contributed by atoms with Crippen LogP contribution in [0.5, 0.6) is 0 Å². The van der Waals surface area contributed by atoms with Gasteiger partial charge in [0.15, 0.2) is 0 Å². The Labute approximate surface area is 124 Å². The minimum atomic E-state index is -1.06. The lowest BCUT2D eigenvalue weighted by molar-refractivity contribution is -0.144. The molecule has 0 heterocycles. The van der Waals surface area contributed by atoms with Crippen molar-refractivity contribution in [3.05, 3.63) is 35.9 Å². The summed E-state index contributed by atoms with van der Waals surface area (Å²) in [7, 11) is 0. The van der Waals surface area contributed by atoms with Gasteiger partial charge < -0.3 is 19.9 Å². The molecule has 0 radical (unpaired) electrons. The molecule has 1 aromatic rings. The highest BCUT2D eigenvalue weighted by Crippen LogP contribution is 2.08. The van der Waals surface area contributed by atoms with E-state index in [0.717, 1.165) is 5.56 Å². The Morgan fingerprint density at radius 2 is 1.81 bits per heavy atom. The van der Waals surface area contributed by atoms with Crippen LogP contribution in [0, 0.1) is 0 Å². The Balaban J connectivity index is 2.29. The van der Waals surface area contributed by atoms with Crippen molar-refractivity contribution >= 4 is 12.1 Å². The van der Waals surface area contributed by atoms with Gasteiger partial charge in [0.25, 0.3) is 0 Å². The largest absolute Gasteiger partial charge is 0.516 e. The SMILES string of the molecule is CC(C)(C)OC(=O)OC(=O)[C@H](N)COCc1ccccc1. The van der Waals surface area contributed by atoms with Crippen LogP contribution in [-0.2, 0) is 25.6 Å². The number of carbonyl (C=O) groups excluding carboxylic acids is 2. The summed E-state index contributed by atoms with van der Waals surface area (Å²) in [4.78, 5) is 22.9. The summed E-state index contributed by atoms with van der Waals surface area (Å²) in [6.07, 6.45) is -1.06. The van der Waals surface area contributed by atoms with Crippen molar-refractivity contribution in [1.29, 1.82) is 0 Å². The Bertz CT molecular complexity index is 467. The zero-order chi connectivity index (χ0) is 15.9. The molecule has 0 saturated carbocycles. The topological polar surface area (TPSA) is 87.9 Å². The van der Waals surface area contributed by atoms with Gasteiger partial charge in [0.05, 0.1) is 13.2 Å². The summed E-state index contributed by atoms with van der Waals surface area (Å²) < 4.78 is 14.6. The first-order chi connectivity index (χ1) is 9.78. The molecule has 0 fully saturated rings. The third-order valence-corrected chi connectivity index (χ3v) is 2.29. The molecule has 6 heteroatoms. The zero-order valence-electron chi connectivity index (χ0n) is 12.5. The molecule has 1 rings (SSSR count). The van der Waals surface area contributed by atoms with Gasteiger partial charge >= 0.3 is 12.1 Å². The number of carbonyl (C=O) groups is 2. The zero-order valence-corrected chi connectivity index (χ0v) is 12.5. The molecule has 0 saturated heterocycles. The summed E-state index contributed by atoms with van der Waals surface area (Å²) in [6, 6.07) is 8.41. The lowest BCUT2D eigenvalue weighted by atomic mass is 10.2. The van der Waals surface area contributed by atoms with Gasteiger partial charge in [0.2, 0.25) is 0 Å². The van der Waals surface area contributed by atoms with Crippen LogP contribution in [0.1, 0.15) is 26.3 Å². The molecule has 1 atom stereocenters. The normalized spacial score (nSPS) is 12.6. The van der Waals surface area contributed by atoms with Crippen LogP contribution in [0.3, 0.4) is 0 Å². The van der Waals surface area contributed by atoms with Crippen molar-refractivity contribution in [1.82, 2.24) is 0 Å². The van der Waals surface area contributed by atoms with E-state index >= 15 is 0 Å².